The van der Waals surface area contributed by atoms with Crippen LogP contribution < -0.4 is 5.32 Å². The third-order valence-electron chi connectivity index (χ3n) is 4.66. The van der Waals surface area contributed by atoms with Gasteiger partial charge in [-0.1, -0.05) is 50.6 Å². The first-order valence-electron chi connectivity index (χ1n) is 9.14. The number of hydrogen-bond acceptors (Lipinski definition) is 3. The monoisotopic (exact) mass is 397 g/mol. The summed E-state index contributed by atoms with van der Waals surface area (Å²) in [5.74, 6) is 0.662. The fraction of sp³-hybridized carbons (Fsp3) is 0.500. The highest BCUT2D eigenvalue weighted by atomic mass is 19.4. The molecule has 1 heterocycles. The second-order valence-electron chi connectivity index (χ2n) is 7.46. The Morgan fingerprint density at radius 3 is 2.50 bits per heavy atom. The molecule has 1 atom stereocenters. The molecule has 1 amide bonds. The van der Waals surface area contributed by atoms with Crippen LogP contribution in [0.2, 0.25) is 0 Å². The van der Waals surface area contributed by atoms with Crippen molar-refractivity contribution in [1.29, 1.82) is 0 Å². The molecule has 2 aromatic rings. The molecule has 1 aromatic heterocycles. The number of carbonyl (C=O) groups is 1. The Hall–Kier alpha value is -2.51. The van der Waals surface area contributed by atoms with Gasteiger partial charge in [0.2, 0.25) is 0 Å². The first-order chi connectivity index (χ1) is 13.1. The number of aryl methyl sites for hydroxylation is 1. The van der Waals surface area contributed by atoms with Crippen molar-refractivity contribution in [3.8, 4) is 0 Å². The molecule has 0 bridgehead atoms. The number of alkyl halides is 3. The molecule has 2 rings (SSSR count). The van der Waals surface area contributed by atoms with Gasteiger partial charge >= 0.3 is 12.3 Å². The van der Waals surface area contributed by atoms with Gasteiger partial charge < -0.3 is 15.0 Å². The van der Waals surface area contributed by atoms with E-state index in [1.807, 2.05) is 30.3 Å². The number of halogens is 3. The number of nitrogens with one attached hydrogen (secondary N) is 2. The average molecular weight is 397 g/mol. The Labute approximate surface area is 162 Å². The van der Waals surface area contributed by atoms with Gasteiger partial charge in [-0.25, -0.2) is 9.78 Å². The van der Waals surface area contributed by atoms with E-state index in [0.29, 0.717) is 17.9 Å². The Morgan fingerprint density at radius 1 is 1.25 bits per heavy atom. The number of aromatic nitrogens is 2. The molecule has 0 aliphatic heterocycles. The smallest absolute Gasteiger partial charge is 0.408 e. The first-order valence-corrected chi connectivity index (χ1v) is 9.14. The van der Waals surface area contributed by atoms with E-state index in [9.17, 15) is 18.0 Å². The Bertz CT molecular complexity index is 758. The summed E-state index contributed by atoms with van der Waals surface area (Å²) < 4.78 is 44.4. The number of imidazole rings is 1. The van der Waals surface area contributed by atoms with Gasteiger partial charge in [-0.15, -0.1) is 0 Å². The third kappa shape index (κ3) is 6.28. The Morgan fingerprint density at radius 2 is 1.93 bits per heavy atom. The van der Waals surface area contributed by atoms with Crippen LogP contribution >= 0.6 is 0 Å². The summed E-state index contributed by atoms with van der Waals surface area (Å²) in [4.78, 5) is 19.3. The SMILES string of the molecule is Cc1ncc(C(CCCC(C)(C)C(F)(F)F)NC(=O)OCc2ccccc2)[nH]1. The number of aromatic amines is 1. The van der Waals surface area contributed by atoms with E-state index >= 15 is 0 Å². The van der Waals surface area contributed by atoms with Crippen molar-refractivity contribution in [3.05, 3.63) is 53.6 Å². The van der Waals surface area contributed by atoms with Crippen LogP contribution in [0.1, 0.15) is 56.2 Å². The first kappa shape index (κ1) is 21.8. The summed E-state index contributed by atoms with van der Waals surface area (Å²) in [6.07, 6.45) is -2.74. The molecule has 1 aromatic carbocycles. The number of rotatable bonds is 8. The highest BCUT2D eigenvalue weighted by Gasteiger charge is 2.46. The van der Waals surface area contributed by atoms with E-state index < -0.39 is 23.7 Å². The number of hydrogen-bond donors (Lipinski definition) is 2. The lowest BCUT2D eigenvalue weighted by atomic mass is 9.85. The van der Waals surface area contributed by atoms with Crippen LogP contribution in [-0.4, -0.2) is 22.2 Å². The molecule has 0 radical (unpaired) electrons. The molecule has 0 fully saturated rings. The maximum absolute atomic E-state index is 13.0. The van der Waals surface area contributed by atoms with E-state index in [2.05, 4.69) is 15.3 Å². The van der Waals surface area contributed by atoms with Gasteiger partial charge in [0.15, 0.2) is 0 Å². The molecule has 28 heavy (non-hydrogen) atoms. The van der Waals surface area contributed by atoms with E-state index in [1.165, 1.54) is 13.8 Å². The number of benzene rings is 1. The van der Waals surface area contributed by atoms with Gasteiger partial charge in [0.1, 0.15) is 12.4 Å². The van der Waals surface area contributed by atoms with E-state index in [4.69, 9.17) is 4.74 Å². The van der Waals surface area contributed by atoms with Crippen molar-refractivity contribution in [2.75, 3.05) is 0 Å². The molecule has 5 nitrogen and oxygen atoms in total. The maximum atomic E-state index is 13.0. The molecule has 2 N–H and O–H groups in total. The van der Waals surface area contributed by atoms with Gasteiger partial charge in [0, 0.05) is 0 Å². The Kier molecular flexibility index (Phi) is 7.10. The summed E-state index contributed by atoms with van der Waals surface area (Å²) in [7, 11) is 0. The molecular formula is C20H26F3N3O2. The number of ether oxygens (including phenoxy) is 1. The van der Waals surface area contributed by atoms with Crippen molar-refractivity contribution >= 4 is 6.09 Å². The van der Waals surface area contributed by atoms with Crippen molar-refractivity contribution in [2.45, 2.75) is 58.9 Å². The van der Waals surface area contributed by atoms with Gasteiger partial charge in [-0.3, -0.25) is 0 Å². The summed E-state index contributed by atoms with van der Waals surface area (Å²) in [6.45, 7) is 4.25. The molecule has 0 aliphatic carbocycles. The molecule has 154 valence electrons. The normalized spacial score (nSPS) is 13.2. The van der Waals surface area contributed by atoms with Crippen LogP contribution in [0.15, 0.2) is 36.5 Å². The van der Waals surface area contributed by atoms with Crippen molar-refractivity contribution in [2.24, 2.45) is 5.41 Å². The summed E-state index contributed by atoms with van der Waals surface area (Å²) in [5.41, 5.74) is -0.299. The number of H-pyrrole nitrogens is 1. The highest BCUT2D eigenvalue weighted by molar-refractivity contribution is 5.67. The van der Waals surface area contributed by atoms with Crippen LogP contribution in [0, 0.1) is 12.3 Å². The predicted molar refractivity (Wildman–Crippen MR) is 99.5 cm³/mol. The fourth-order valence-electron chi connectivity index (χ4n) is 2.72. The minimum Gasteiger partial charge on any atom is -0.445 e. The lowest BCUT2D eigenvalue weighted by molar-refractivity contribution is -0.214. The second-order valence-corrected chi connectivity index (χ2v) is 7.46. The van der Waals surface area contributed by atoms with Crippen molar-refractivity contribution in [3.63, 3.8) is 0 Å². The van der Waals surface area contributed by atoms with Gasteiger partial charge in [-0.05, 0) is 25.3 Å². The quantitative estimate of drug-likeness (QED) is 0.623. The minimum absolute atomic E-state index is 0.0408. The molecule has 0 saturated carbocycles. The molecular weight excluding hydrogens is 371 g/mol. The minimum atomic E-state index is -4.27. The summed E-state index contributed by atoms with van der Waals surface area (Å²) in [5, 5.41) is 2.73. The zero-order chi connectivity index (χ0) is 20.8. The highest BCUT2D eigenvalue weighted by Crippen LogP contribution is 2.41. The van der Waals surface area contributed by atoms with Crippen molar-refractivity contribution < 1.29 is 22.7 Å². The van der Waals surface area contributed by atoms with Gasteiger partial charge in [-0.2, -0.15) is 13.2 Å². The number of carbonyl (C=O) groups excluding carboxylic acids is 1. The molecule has 1 unspecified atom stereocenters. The van der Waals surface area contributed by atoms with Crippen LogP contribution in [0.5, 0.6) is 0 Å². The summed E-state index contributed by atoms with van der Waals surface area (Å²) >= 11 is 0. The third-order valence-corrected chi connectivity index (χ3v) is 4.66. The molecule has 0 aliphatic rings. The maximum Gasteiger partial charge on any atom is 0.408 e. The largest absolute Gasteiger partial charge is 0.445 e. The zero-order valence-corrected chi connectivity index (χ0v) is 16.3. The average Bonchev–Trinajstić information content (AvgIpc) is 3.05. The molecule has 8 heteroatoms. The second kappa shape index (κ2) is 9.12. The lowest BCUT2D eigenvalue weighted by Gasteiger charge is -2.28. The predicted octanol–water partition coefficient (Wildman–Crippen LogP) is 5.44. The van der Waals surface area contributed by atoms with Gasteiger partial charge in [0.05, 0.1) is 23.3 Å². The lowest BCUT2D eigenvalue weighted by Crippen LogP contribution is -2.33. The molecule has 0 saturated heterocycles. The van der Waals surface area contributed by atoms with Crippen LogP contribution in [0.25, 0.3) is 0 Å². The van der Waals surface area contributed by atoms with Gasteiger partial charge in [0.25, 0.3) is 0 Å². The van der Waals surface area contributed by atoms with E-state index in [0.717, 1.165) is 5.56 Å². The van der Waals surface area contributed by atoms with E-state index in [-0.39, 0.29) is 19.4 Å². The number of alkyl carbamates (subject to hydrolysis) is 1. The van der Waals surface area contributed by atoms with Crippen molar-refractivity contribution in [1.82, 2.24) is 15.3 Å². The Balaban J connectivity index is 1.95. The molecule has 0 spiro atoms. The standard InChI is InChI=1S/C20H26F3N3O2/c1-14-24-12-17(25-14)16(10-7-11-19(2,3)20(21,22)23)26-18(27)28-13-15-8-5-4-6-9-15/h4-6,8-9,12,16H,7,10-11,13H2,1-3H3,(H,24,25)(H,26,27). The number of amides is 1. The zero-order valence-electron chi connectivity index (χ0n) is 16.3. The number of nitrogens with zero attached hydrogens (tertiary/aromatic N) is 1. The topological polar surface area (TPSA) is 67.0 Å². The van der Waals surface area contributed by atoms with Crippen LogP contribution in [0.4, 0.5) is 18.0 Å². The fourth-order valence-corrected chi connectivity index (χ4v) is 2.72. The van der Waals surface area contributed by atoms with Crippen LogP contribution in [0.3, 0.4) is 0 Å². The van der Waals surface area contributed by atoms with Crippen LogP contribution in [-0.2, 0) is 11.3 Å². The summed E-state index contributed by atoms with van der Waals surface area (Å²) in [6, 6.07) is 8.71. The van der Waals surface area contributed by atoms with E-state index in [1.54, 1.807) is 13.1 Å².